The van der Waals surface area contributed by atoms with Crippen molar-refractivity contribution < 1.29 is 8.42 Å². The fourth-order valence-electron chi connectivity index (χ4n) is 3.07. The predicted octanol–water partition coefficient (Wildman–Crippen LogP) is 4.30. The number of thiophene rings is 1. The van der Waals surface area contributed by atoms with E-state index in [1.165, 1.54) is 11.2 Å². The molecule has 8 heteroatoms. The number of benzene rings is 2. The van der Waals surface area contributed by atoms with E-state index in [1.807, 2.05) is 12.1 Å². The molecule has 0 spiro atoms. The van der Waals surface area contributed by atoms with Crippen molar-refractivity contribution in [3.8, 4) is 11.1 Å². The van der Waals surface area contributed by atoms with Crippen LogP contribution < -0.4 is 10.5 Å². The number of sulfonamides is 1. The molecule has 0 radical (unpaired) electrons. The average molecular weight is 411 g/mol. The van der Waals surface area contributed by atoms with E-state index in [4.69, 9.17) is 5.73 Å². The van der Waals surface area contributed by atoms with Gasteiger partial charge >= 0.3 is 0 Å². The van der Waals surface area contributed by atoms with E-state index in [0.717, 1.165) is 27.8 Å². The van der Waals surface area contributed by atoms with Crippen LogP contribution in [0, 0.1) is 0 Å². The first-order valence-electron chi connectivity index (χ1n) is 8.69. The van der Waals surface area contributed by atoms with Crippen molar-refractivity contribution in [3.05, 3.63) is 65.8 Å². The second-order valence-electron chi connectivity index (χ2n) is 6.19. The topological polar surface area (TPSA) is 98.0 Å². The van der Waals surface area contributed by atoms with E-state index in [-0.39, 0.29) is 4.90 Å². The Hall–Kier alpha value is -2.97. The van der Waals surface area contributed by atoms with E-state index >= 15 is 0 Å². The normalized spacial score (nSPS) is 11.6. The SMILES string of the molecule is CCc1sc2ncnc(N)c2c1-c1ccc(NS(=O)(=O)c2ccccc2)cc1. The standard InChI is InChI=1S/C20H18N4O2S2/c1-2-16-17(18-19(21)22-12-23-20(18)27-16)13-8-10-14(11-9-13)24-28(25,26)15-6-4-3-5-7-15/h3-12,24H,2H2,1H3,(H2,21,22,23). The van der Waals surface area contributed by atoms with Gasteiger partial charge in [-0.2, -0.15) is 0 Å². The van der Waals surface area contributed by atoms with Crippen LogP contribution >= 0.6 is 11.3 Å². The number of anilines is 2. The van der Waals surface area contributed by atoms with Gasteiger partial charge in [-0.15, -0.1) is 11.3 Å². The molecule has 0 bridgehead atoms. The summed E-state index contributed by atoms with van der Waals surface area (Å²) in [7, 11) is -3.62. The molecule has 0 aliphatic heterocycles. The molecule has 3 N–H and O–H groups in total. The van der Waals surface area contributed by atoms with Crippen LogP contribution in [0.5, 0.6) is 0 Å². The van der Waals surface area contributed by atoms with Crippen LogP contribution in [0.1, 0.15) is 11.8 Å². The highest BCUT2D eigenvalue weighted by Crippen LogP contribution is 2.40. The summed E-state index contributed by atoms with van der Waals surface area (Å²) in [5.41, 5.74) is 8.56. The lowest BCUT2D eigenvalue weighted by Gasteiger charge is -2.10. The largest absolute Gasteiger partial charge is 0.383 e. The summed E-state index contributed by atoms with van der Waals surface area (Å²) in [5, 5.41) is 0.849. The molecule has 0 unspecified atom stereocenters. The van der Waals surface area contributed by atoms with Crippen LogP contribution in [-0.2, 0) is 16.4 Å². The second-order valence-corrected chi connectivity index (χ2v) is 8.95. The van der Waals surface area contributed by atoms with Gasteiger partial charge < -0.3 is 5.73 Å². The zero-order valence-electron chi connectivity index (χ0n) is 15.1. The predicted molar refractivity (Wildman–Crippen MR) is 114 cm³/mol. The van der Waals surface area contributed by atoms with Crippen molar-refractivity contribution in [2.75, 3.05) is 10.5 Å². The van der Waals surface area contributed by atoms with Gasteiger partial charge in [-0.3, -0.25) is 4.72 Å². The Morgan fingerprint density at radius 2 is 1.75 bits per heavy atom. The third kappa shape index (κ3) is 3.32. The van der Waals surface area contributed by atoms with Gasteiger partial charge in [0.2, 0.25) is 0 Å². The molecule has 0 amide bonds. The molecule has 4 rings (SSSR count). The maximum absolute atomic E-state index is 12.5. The van der Waals surface area contributed by atoms with Gasteiger partial charge in [0, 0.05) is 16.1 Å². The van der Waals surface area contributed by atoms with Crippen LogP contribution in [0.15, 0.2) is 65.8 Å². The summed E-state index contributed by atoms with van der Waals surface area (Å²) in [6.45, 7) is 2.08. The van der Waals surface area contributed by atoms with E-state index in [2.05, 4.69) is 21.6 Å². The number of nitrogens with zero attached hydrogens (tertiary/aromatic N) is 2. The van der Waals surface area contributed by atoms with E-state index in [1.54, 1.807) is 53.8 Å². The highest BCUT2D eigenvalue weighted by molar-refractivity contribution is 7.92. The molecule has 28 heavy (non-hydrogen) atoms. The first-order chi connectivity index (χ1) is 13.5. The van der Waals surface area contributed by atoms with Crippen LogP contribution in [-0.4, -0.2) is 18.4 Å². The molecule has 0 aliphatic carbocycles. The van der Waals surface area contributed by atoms with Crippen molar-refractivity contribution in [2.45, 2.75) is 18.2 Å². The summed E-state index contributed by atoms with van der Waals surface area (Å²) >= 11 is 1.60. The van der Waals surface area contributed by atoms with Crippen molar-refractivity contribution in [1.82, 2.24) is 9.97 Å². The average Bonchev–Trinajstić information content (AvgIpc) is 3.09. The van der Waals surface area contributed by atoms with Crippen LogP contribution in [0.2, 0.25) is 0 Å². The van der Waals surface area contributed by atoms with Crippen molar-refractivity contribution >= 4 is 43.1 Å². The van der Waals surface area contributed by atoms with Gasteiger partial charge in [-0.1, -0.05) is 37.3 Å². The molecular weight excluding hydrogens is 392 g/mol. The molecule has 6 nitrogen and oxygen atoms in total. The van der Waals surface area contributed by atoms with Gasteiger partial charge in [0.1, 0.15) is 17.0 Å². The third-order valence-corrected chi connectivity index (χ3v) is 7.03. The van der Waals surface area contributed by atoms with E-state index in [0.29, 0.717) is 11.5 Å². The van der Waals surface area contributed by atoms with E-state index in [9.17, 15) is 8.42 Å². The third-order valence-electron chi connectivity index (χ3n) is 4.39. The number of rotatable bonds is 5. The Morgan fingerprint density at radius 3 is 2.43 bits per heavy atom. The lowest BCUT2D eigenvalue weighted by molar-refractivity contribution is 0.601. The molecule has 0 saturated carbocycles. The van der Waals surface area contributed by atoms with Gasteiger partial charge in [0.05, 0.1) is 10.3 Å². The monoisotopic (exact) mass is 410 g/mol. The maximum atomic E-state index is 12.5. The fraction of sp³-hybridized carbons (Fsp3) is 0.100. The van der Waals surface area contributed by atoms with Crippen LogP contribution in [0.25, 0.3) is 21.3 Å². The number of nitrogens with two attached hydrogens (primary N) is 1. The highest BCUT2D eigenvalue weighted by Gasteiger charge is 2.18. The summed E-state index contributed by atoms with van der Waals surface area (Å²) < 4.78 is 27.6. The smallest absolute Gasteiger partial charge is 0.261 e. The van der Waals surface area contributed by atoms with Crippen LogP contribution in [0.3, 0.4) is 0 Å². The quantitative estimate of drug-likeness (QED) is 0.511. The summed E-state index contributed by atoms with van der Waals surface area (Å²) in [6, 6.07) is 15.5. The number of hydrogen-bond acceptors (Lipinski definition) is 6. The van der Waals surface area contributed by atoms with Crippen molar-refractivity contribution in [2.24, 2.45) is 0 Å². The van der Waals surface area contributed by atoms with Gasteiger partial charge in [-0.05, 0) is 36.2 Å². The number of hydrogen-bond donors (Lipinski definition) is 2. The van der Waals surface area contributed by atoms with Gasteiger partial charge in [0.15, 0.2) is 0 Å². The summed E-state index contributed by atoms with van der Waals surface area (Å²) in [6.07, 6.45) is 2.32. The Kier molecular flexibility index (Phi) is 4.74. The molecule has 142 valence electrons. The number of aryl methyl sites for hydroxylation is 1. The zero-order chi connectivity index (χ0) is 19.7. The molecule has 2 aromatic carbocycles. The molecule has 0 aliphatic rings. The molecule has 0 saturated heterocycles. The maximum Gasteiger partial charge on any atom is 0.261 e. The lowest BCUT2D eigenvalue weighted by Crippen LogP contribution is -2.12. The minimum absolute atomic E-state index is 0.223. The van der Waals surface area contributed by atoms with Gasteiger partial charge in [-0.25, -0.2) is 18.4 Å². The Morgan fingerprint density at radius 1 is 1.04 bits per heavy atom. The van der Waals surface area contributed by atoms with Crippen molar-refractivity contribution in [1.29, 1.82) is 0 Å². The number of nitrogen functional groups attached to an aromatic ring is 1. The fourth-order valence-corrected chi connectivity index (χ4v) is 5.26. The molecule has 4 aromatic rings. The minimum atomic E-state index is -3.62. The molecule has 0 fully saturated rings. The number of nitrogens with one attached hydrogen (secondary N) is 1. The van der Waals surface area contributed by atoms with E-state index < -0.39 is 10.0 Å². The molecule has 2 heterocycles. The van der Waals surface area contributed by atoms with Crippen LogP contribution in [0.4, 0.5) is 11.5 Å². The summed E-state index contributed by atoms with van der Waals surface area (Å²) in [4.78, 5) is 10.7. The number of aromatic nitrogens is 2. The minimum Gasteiger partial charge on any atom is -0.383 e. The summed E-state index contributed by atoms with van der Waals surface area (Å²) in [5.74, 6) is 0.449. The second kappa shape index (κ2) is 7.21. The molecule has 2 aromatic heterocycles. The molecule has 0 atom stereocenters. The Bertz CT molecular complexity index is 1230. The Labute approximate surface area is 167 Å². The first kappa shape index (κ1) is 18.4. The Balaban J connectivity index is 1.71. The number of fused-ring (bicyclic) bond motifs is 1. The molecular formula is C20H18N4O2S2. The van der Waals surface area contributed by atoms with Crippen molar-refractivity contribution in [3.63, 3.8) is 0 Å². The first-order valence-corrected chi connectivity index (χ1v) is 11.0. The highest BCUT2D eigenvalue weighted by atomic mass is 32.2. The zero-order valence-corrected chi connectivity index (χ0v) is 16.7. The lowest BCUT2D eigenvalue weighted by atomic mass is 10.0. The van der Waals surface area contributed by atoms with Gasteiger partial charge in [0.25, 0.3) is 10.0 Å².